The summed E-state index contributed by atoms with van der Waals surface area (Å²) >= 11 is 0. The van der Waals surface area contributed by atoms with Gasteiger partial charge in [-0.2, -0.15) is 5.10 Å². The van der Waals surface area contributed by atoms with Gasteiger partial charge in [-0.25, -0.2) is 9.50 Å². The van der Waals surface area contributed by atoms with E-state index in [9.17, 15) is 9.90 Å². The second-order valence-electron chi connectivity index (χ2n) is 8.30. The smallest absolute Gasteiger partial charge is 0.246 e. The van der Waals surface area contributed by atoms with E-state index < -0.39 is 17.2 Å². The van der Waals surface area contributed by atoms with Crippen molar-refractivity contribution < 1.29 is 19.4 Å². The second kappa shape index (κ2) is 7.98. The van der Waals surface area contributed by atoms with Crippen LogP contribution >= 0.6 is 0 Å². The second-order valence-corrected chi connectivity index (χ2v) is 8.30. The van der Waals surface area contributed by atoms with Gasteiger partial charge in [0.25, 0.3) is 0 Å². The topological polar surface area (TPSA) is 101 Å². The maximum Gasteiger partial charge on any atom is 0.246 e. The summed E-state index contributed by atoms with van der Waals surface area (Å²) in [6.45, 7) is 4.74. The largest absolute Gasteiger partial charge is 0.388 e. The van der Waals surface area contributed by atoms with Gasteiger partial charge in [0.1, 0.15) is 12.7 Å². The van der Waals surface area contributed by atoms with E-state index in [1.165, 1.54) is 7.11 Å². The zero-order chi connectivity index (χ0) is 20.5. The van der Waals surface area contributed by atoms with Crippen LogP contribution in [0.1, 0.15) is 31.7 Å². The summed E-state index contributed by atoms with van der Waals surface area (Å²) in [7, 11) is 1.49. The summed E-state index contributed by atoms with van der Waals surface area (Å²) in [5.74, 6) is -0.218. The molecule has 0 unspecified atom stereocenters. The minimum Gasteiger partial charge on any atom is -0.388 e. The van der Waals surface area contributed by atoms with E-state index >= 15 is 0 Å². The Bertz CT molecular complexity index is 863. The van der Waals surface area contributed by atoms with Gasteiger partial charge < -0.3 is 19.9 Å². The van der Waals surface area contributed by atoms with Crippen LogP contribution < -0.4 is 5.32 Å². The molecule has 0 saturated carbocycles. The van der Waals surface area contributed by atoms with E-state index in [-0.39, 0.29) is 12.5 Å². The maximum absolute atomic E-state index is 12.1. The first-order valence-electron chi connectivity index (χ1n) is 10.1. The Balaban J connectivity index is 1.41. The summed E-state index contributed by atoms with van der Waals surface area (Å²) in [5.41, 5.74) is 0.601. The fourth-order valence-corrected chi connectivity index (χ4v) is 4.62. The third-order valence-electron chi connectivity index (χ3n) is 6.26. The molecule has 158 valence electrons. The zero-order valence-corrected chi connectivity index (χ0v) is 17.0. The van der Waals surface area contributed by atoms with E-state index in [0.717, 1.165) is 30.8 Å². The lowest BCUT2D eigenvalue weighted by Gasteiger charge is -2.53. The number of carbonyl (C=O) groups excluding carboxylic acids is 1. The Morgan fingerprint density at radius 1 is 1.41 bits per heavy atom. The molecule has 1 amide bonds. The first kappa shape index (κ1) is 20.2. The molecule has 0 bridgehead atoms. The summed E-state index contributed by atoms with van der Waals surface area (Å²) in [4.78, 5) is 18.8. The molecule has 0 aliphatic carbocycles. The predicted octanol–water partition coefficient (Wildman–Crippen LogP) is 0.366. The first-order chi connectivity index (χ1) is 14.0. The highest BCUT2D eigenvalue weighted by atomic mass is 16.5. The number of ether oxygens (including phenoxy) is 2. The Hall–Kier alpha value is -2.07. The van der Waals surface area contributed by atoms with Gasteiger partial charge in [0.05, 0.1) is 17.3 Å². The molecule has 0 aromatic carbocycles. The van der Waals surface area contributed by atoms with E-state index in [2.05, 4.69) is 20.3 Å². The number of rotatable bonds is 5. The van der Waals surface area contributed by atoms with Gasteiger partial charge in [-0.3, -0.25) is 9.69 Å². The van der Waals surface area contributed by atoms with Crippen LogP contribution in [-0.4, -0.2) is 81.2 Å². The van der Waals surface area contributed by atoms with E-state index in [1.54, 1.807) is 10.7 Å². The molecule has 9 nitrogen and oxygen atoms in total. The highest BCUT2D eigenvalue weighted by molar-refractivity contribution is 5.78. The van der Waals surface area contributed by atoms with Crippen molar-refractivity contribution >= 4 is 11.6 Å². The first-order valence-corrected chi connectivity index (χ1v) is 10.1. The van der Waals surface area contributed by atoms with Gasteiger partial charge in [0, 0.05) is 51.3 Å². The van der Waals surface area contributed by atoms with Crippen molar-refractivity contribution in [3.05, 3.63) is 30.2 Å². The van der Waals surface area contributed by atoms with Crippen molar-refractivity contribution in [2.75, 3.05) is 33.4 Å². The Morgan fingerprint density at radius 2 is 2.21 bits per heavy atom. The number of amides is 1. The zero-order valence-electron chi connectivity index (χ0n) is 17.0. The summed E-state index contributed by atoms with van der Waals surface area (Å²) < 4.78 is 12.8. The van der Waals surface area contributed by atoms with Crippen LogP contribution in [0, 0.1) is 0 Å². The quantitative estimate of drug-likeness (QED) is 0.744. The molecule has 2 saturated heterocycles. The van der Waals surface area contributed by atoms with Crippen molar-refractivity contribution in [1.29, 1.82) is 0 Å². The van der Waals surface area contributed by atoms with Crippen LogP contribution in [-0.2, 0) is 20.8 Å². The number of piperidine rings is 1. The molecule has 4 rings (SSSR count). The van der Waals surface area contributed by atoms with Gasteiger partial charge in [-0.15, -0.1) is 0 Å². The average Bonchev–Trinajstić information content (AvgIpc) is 3.11. The Kier molecular flexibility index (Phi) is 5.56. The van der Waals surface area contributed by atoms with E-state index in [4.69, 9.17) is 9.47 Å². The number of nitrogens with zero attached hydrogens (tertiary/aromatic N) is 4. The van der Waals surface area contributed by atoms with Crippen LogP contribution in [0.15, 0.2) is 24.7 Å². The summed E-state index contributed by atoms with van der Waals surface area (Å²) in [6.07, 6.45) is 6.74. The third kappa shape index (κ3) is 3.87. The number of aromatic nitrogens is 3. The lowest BCUT2D eigenvalue weighted by atomic mass is 9.73. The SMILES string of the molecule is COCC(=O)N[C@]1(C)CCOC2(CCN(Cc3cnn4cccnc34)CC2)[C@H]1O. The van der Waals surface area contributed by atoms with E-state index in [0.29, 0.717) is 25.9 Å². The number of fused-ring (bicyclic) bond motifs is 1. The standard InChI is InChI=1S/C20H29N5O4/c1-19(23-16(26)14-28-2)6-11-29-20(18(19)27)4-9-24(10-5-20)13-15-12-22-25-8-3-7-21-17(15)25/h3,7-8,12,18,27H,4-6,9-11,13-14H2,1-2H3,(H,23,26)/t18-,19+/m0/s1. The number of carbonyl (C=O) groups is 1. The number of hydrogen-bond donors (Lipinski definition) is 2. The van der Waals surface area contributed by atoms with Crippen molar-refractivity contribution in [2.45, 2.75) is 50.0 Å². The number of aliphatic hydroxyl groups is 1. The molecular formula is C20H29N5O4. The molecule has 9 heteroatoms. The van der Waals surface area contributed by atoms with Crippen molar-refractivity contribution in [3.8, 4) is 0 Å². The van der Waals surface area contributed by atoms with Crippen LogP contribution in [0.3, 0.4) is 0 Å². The van der Waals surface area contributed by atoms with Gasteiger partial charge in [0.2, 0.25) is 5.91 Å². The minimum atomic E-state index is -0.773. The van der Waals surface area contributed by atoms with Crippen LogP contribution in [0.4, 0.5) is 0 Å². The molecule has 2 N–H and O–H groups in total. The summed E-state index contributed by atoms with van der Waals surface area (Å²) in [5, 5.41) is 18.5. The number of nitrogens with one attached hydrogen (secondary N) is 1. The molecule has 2 fully saturated rings. The predicted molar refractivity (Wildman–Crippen MR) is 105 cm³/mol. The summed E-state index contributed by atoms with van der Waals surface area (Å²) in [6, 6.07) is 1.86. The molecule has 4 heterocycles. The van der Waals surface area contributed by atoms with Crippen LogP contribution in [0.25, 0.3) is 5.65 Å². The molecule has 2 aliphatic rings. The lowest BCUT2D eigenvalue weighted by Crippen LogP contribution is -2.69. The van der Waals surface area contributed by atoms with Gasteiger partial charge in [-0.05, 0) is 32.3 Å². The molecule has 2 atom stereocenters. The van der Waals surface area contributed by atoms with Crippen LogP contribution in [0.2, 0.25) is 0 Å². The van der Waals surface area contributed by atoms with E-state index in [1.807, 2.05) is 25.4 Å². The van der Waals surface area contributed by atoms with Gasteiger partial charge in [-0.1, -0.05) is 0 Å². The van der Waals surface area contributed by atoms with Crippen LogP contribution in [0.5, 0.6) is 0 Å². The van der Waals surface area contributed by atoms with Crippen molar-refractivity contribution in [1.82, 2.24) is 24.8 Å². The molecule has 1 spiro atoms. The van der Waals surface area contributed by atoms with Crippen molar-refractivity contribution in [2.24, 2.45) is 0 Å². The highest BCUT2D eigenvalue weighted by Crippen LogP contribution is 2.40. The fraction of sp³-hybridized carbons (Fsp3) is 0.650. The van der Waals surface area contributed by atoms with Gasteiger partial charge >= 0.3 is 0 Å². The molecule has 0 radical (unpaired) electrons. The Morgan fingerprint density at radius 3 is 2.97 bits per heavy atom. The highest BCUT2D eigenvalue weighted by Gasteiger charge is 2.53. The normalized spacial score (nSPS) is 27.3. The molecule has 2 aliphatic heterocycles. The molecule has 29 heavy (non-hydrogen) atoms. The van der Waals surface area contributed by atoms with Crippen molar-refractivity contribution in [3.63, 3.8) is 0 Å². The molecule has 2 aromatic heterocycles. The number of aliphatic hydroxyl groups excluding tert-OH is 1. The number of hydrogen-bond acceptors (Lipinski definition) is 7. The third-order valence-corrected chi connectivity index (χ3v) is 6.26. The minimum absolute atomic E-state index is 0.0162. The van der Waals surface area contributed by atoms with Gasteiger partial charge in [0.15, 0.2) is 5.65 Å². The lowest BCUT2D eigenvalue weighted by molar-refractivity contribution is -0.208. The molecule has 2 aromatic rings. The number of likely N-dealkylation sites (tertiary alicyclic amines) is 1. The molecular weight excluding hydrogens is 374 g/mol. The maximum atomic E-state index is 12.1. The average molecular weight is 403 g/mol. The Labute approximate surface area is 170 Å². The monoisotopic (exact) mass is 403 g/mol. The fourth-order valence-electron chi connectivity index (χ4n) is 4.62. The number of methoxy groups -OCH3 is 1.